The van der Waals surface area contributed by atoms with E-state index in [1.807, 2.05) is 0 Å². The molecule has 6 heteroatoms. The molecule has 0 saturated carbocycles. The van der Waals surface area contributed by atoms with Crippen molar-refractivity contribution in [1.82, 2.24) is 0 Å². The minimum atomic E-state index is -1.69. The number of aliphatic hydroxyl groups is 1. The van der Waals surface area contributed by atoms with Gasteiger partial charge in [-0.15, -0.1) is 0 Å². The smallest absolute Gasteiger partial charge is 0.323 e. The lowest BCUT2D eigenvalue weighted by Crippen LogP contribution is -2.58. The molecule has 0 spiro atoms. The highest BCUT2D eigenvalue weighted by atomic mass is 16.6. The first-order valence-corrected chi connectivity index (χ1v) is 7.26. The summed E-state index contributed by atoms with van der Waals surface area (Å²) in [6.07, 6.45) is 0.134. The third-order valence-electron chi connectivity index (χ3n) is 3.79. The van der Waals surface area contributed by atoms with Crippen LogP contribution >= 0.6 is 0 Å². The van der Waals surface area contributed by atoms with E-state index in [0.29, 0.717) is 0 Å². The van der Waals surface area contributed by atoms with Gasteiger partial charge in [-0.1, -0.05) is 0 Å². The highest BCUT2D eigenvalue weighted by molar-refractivity contribution is 5.96. The fraction of sp³-hybridized carbons (Fsp3) is 0.867. The summed E-state index contributed by atoms with van der Waals surface area (Å²) in [6.45, 7) is 10.5. The second-order valence-corrected chi connectivity index (χ2v) is 6.41. The van der Waals surface area contributed by atoms with Crippen molar-refractivity contribution in [3.8, 4) is 0 Å². The fourth-order valence-electron chi connectivity index (χ4n) is 3.06. The van der Waals surface area contributed by atoms with Crippen molar-refractivity contribution >= 4 is 11.9 Å². The maximum Gasteiger partial charge on any atom is 0.323 e. The number of ether oxygens (including phenoxy) is 3. The van der Waals surface area contributed by atoms with Gasteiger partial charge in [0.25, 0.3) is 0 Å². The second-order valence-electron chi connectivity index (χ2n) is 6.41. The minimum Gasteiger partial charge on any atom is -0.465 e. The molecule has 1 aliphatic rings. The van der Waals surface area contributed by atoms with Gasteiger partial charge in [0.2, 0.25) is 0 Å². The summed E-state index contributed by atoms with van der Waals surface area (Å²) in [7, 11) is 0. The molecule has 1 saturated heterocycles. The summed E-state index contributed by atoms with van der Waals surface area (Å²) < 4.78 is 15.7. The van der Waals surface area contributed by atoms with Gasteiger partial charge in [-0.25, -0.2) is 0 Å². The van der Waals surface area contributed by atoms with Crippen molar-refractivity contribution in [2.75, 3.05) is 13.2 Å². The van der Waals surface area contributed by atoms with E-state index in [1.165, 1.54) is 0 Å². The standard InChI is InChI=1S/C15H26O6/c1-7-19-11(16)10(12(17)20-8-2)15(18)9-13(3,4)21-14(15,5)6/h10,18H,7-9H2,1-6H3. The molecule has 1 unspecified atom stereocenters. The van der Waals surface area contributed by atoms with Gasteiger partial charge in [0, 0.05) is 6.42 Å². The summed E-state index contributed by atoms with van der Waals surface area (Å²) in [5.41, 5.74) is -3.43. The molecule has 0 bridgehead atoms. The number of esters is 2. The normalized spacial score (nSPS) is 26.7. The van der Waals surface area contributed by atoms with Crippen molar-refractivity contribution in [2.45, 2.75) is 64.8 Å². The quantitative estimate of drug-likeness (QED) is 0.611. The Morgan fingerprint density at radius 1 is 1.10 bits per heavy atom. The molecule has 122 valence electrons. The number of carbonyl (C=O) groups excluding carboxylic acids is 2. The number of carbonyl (C=O) groups is 2. The van der Waals surface area contributed by atoms with Crippen molar-refractivity contribution in [2.24, 2.45) is 5.92 Å². The molecule has 6 nitrogen and oxygen atoms in total. The zero-order valence-electron chi connectivity index (χ0n) is 13.7. The van der Waals surface area contributed by atoms with E-state index in [2.05, 4.69) is 0 Å². The molecule has 1 N–H and O–H groups in total. The van der Waals surface area contributed by atoms with Crippen LogP contribution in [0.15, 0.2) is 0 Å². The van der Waals surface area contributed by atoms with Gasteiger partial charge in [0.1, 0.15) is 5.60 Å². The lowest BCUT2D eigenvalue weighted by molar-refractivity contribution is -0.191. The van der Waals surface area contributed by atoms with Crippen LogP contribution in [0.1, 0.15) is 48.0 Å². The zero-order chi connectivity index (χ0) is 16.5. The predicted molar refractivity (Wildman–Crippen MR) is 75.6 cm³/mol. The molecule has 0 amide bonds. The van der Waals surface area contributed by atoms with Crippen LogP contribution in [-0.2, 0) is 23.8 Å². The zero-order valence-corrected chi connectivity index (χ0v) is 13.7. The average molecular weight is 302 g/mol. The Hall–Kier alpha value is -1.14. The summed E-state index contributed by atoms with van der Waals surface area (Å²) in [5.74, 6) is -2.99. The van der Waals surface area contributed by atoms with E-state index >= 15 is 0 Å². The maximum atomic E-state index is 12.2. The van der Waals surface area contributed by atoms with Gasteiger partial charge >= 0.3 is 11.9 Å². The van der Waals surface area contributed by atoms with Gasteiger partial charge < -0.3 is 19.3 Å². The molecule has 1 fully saturated rings. The third kappa shape index (κ3) is 3.37. The molecule has 1 heterocycles. The largest absolute Gasteiger partial charge is 0.465 e. The monoisotopic (exact) mass is 302 g/mol. The Bertz CT molecular complexity index is 396. The Morgan fingerprint density at radius 3 is 1.81 bits per heavy atom. The summed E-state index contributed by atoms with van der Waals surface area (Å²) in [4.78, 5) is 24.4. The average Bonchev–Trinajstić information content (AvgIpc) is 2.43. The summed E-state index contributed by atoms with van der Waals surface area (Å²) >= 11 is 0. The van der Waals surface area contributed by atoms with Crippen LogP contribution in [0.25, 0.3) is 0 Å². The maximum absolute atomic E-state index is 12.2. The SMILES string of the molecule is CCOC(=O)C(C(=O)OCC)C1(O)CC(C)(C)OC1(C)C. The highest BCUT2D eigenvalue weighted by Gasteiger charge is 2.65. The van der Waals surface area contributed by atoms with E-state index in [-0.39, 0.29) is 19.6 Å². The van der Waals surface area contributed by atoms with E-state index in [9.17, 15) is 14.7 Å². The van der Waals surface area contributed by atoms with Gasteiger partial charge in [-0.05, 0) is 41.5 Å². The first-order valence-electron chi connectivity index (χ1n) is 7.26. The van der Waals surface area contributed by atoms with Crippen molar-refractivity contribution < 1.29 is 28.9 Å². The molecule has 0 aromatic rings. The van der Waals surface area contributed by atoms with Gasteiger partial charge in [-0.3, -0.25) is 9.59 Å². The van der Waals surface area contributed by atoms with Crippen LogP contribution in [0.3, 0.4) is 0 Å². The second kappa shape index (κ2) is 5.93. The van der Waals surface area contributed by atoms with Crippen LogP contribution in [0, 0.1) is 5.92 Å². The Morgan fingerprint density at radius 2 is 1.52 bits per heavy atom. The fourth-order valence-corrected chi connectivity index (χ4v) is 3.06. The molecular weight excluding hydrogens is 276 g/mol. The molecule has 0 aromatic carbocycles. The molecule has 0 aromatic heterocycles. The highest BCUT2D eigenvalue weighted by Crippen LogP contribution is 2.49. The number of hydrogen-bond acceptors (Lipinski definition) is 6. The van der Waals surface area contributed by atoms with Crippen molar-refractivity contribution in [1.29, 1.82) is 0 Å². The molecule has 0 aliphatic carbocycles. The van der Waals surface area contributed by atoms with Crippen LogP contribution in [0.4, 0.5) is 0 Å². The molecule has 0 radical (unpaired) electrons. The topological polar surface area (TPSA) is 82.1 Å². The Balaban J connectivity index is 3.23. The van der Waals surface area contributed by atoms with Crippen molar-refractivity contribution in [3.05, 3.63) is 0 Å². The minimum absolute atomic E-state index is 0.121. The van der Waals surface area contributed by atoms with Gasteiger partial charge in [-0.2, -0.15) is 0 Å². The third-order valence-corrected chi connectivity index (χ3v) is 3.79. The van der Waals surface area contributed by atoms with Crippen LogP contribution in [0.2, 0.25) is 0 Å². The van der Waals surface area contributed by atoms with Crippen molar-refractivity contribution in [3.63, 3.8) is 0 Å². The van der Waals surface area contributed by atoms with E-state index in [1.54, 1.807) is 41.5 Å². The Kier molecular flexibility index (Phi) is 5.05. The molecular formula is C15H26O6. The Labute approximate surface area is 125 Å². The van der Waals surface area contributed by atoms with E-state index in [4.69, 9.17) is 14.2 Å². The first kappa shape index (κ1) is 17.9. The summed E-state index contributed by atoms with van der Waals surface area (Å²) in [6, 6.07) is 0. The first-order chi connectivity index (χ1) is 9.50. The molecule has 1 atom stereocenters. The van der Waals surface area contributed by atoms with Crippen LogP contribution in [-0.4, -0.2) is 47.1 Å². The predicted octanol–water partition coefficient (Wildman–Crippen LogP) is 1.44. The van der Waals surface area contributed by atoms with E-state index < -0.39 is 34.7 Å². The lowest BCUT2D eigenvalue weighted by atomic mass is 9.73. The van der Waals surface area contributed by atoms with Gasteiger partial charge in [0.05, 0.1) is 24.4 Å². The lowest BCUT2D eigenvalue weighted by Gasteiger charge is -2.38. The number of rotatable bonds is 5. The van der Waals surface area contributed by atoms with Crippen LogP contribution < -0.4 is 0 Å². The number of hydrogen-bond donors (Lipinski definition) is 1. The van der Waals surface area contributed by atoms with E-state index in [0.717, 1.165) is 0 Å². The van der Waals surface area contributed by atoms with Crippen LogP contribution in [0.5, 0.6) is 0 Å². The summed E-state index contributed by atoms with van der Waals surface area (Å²) in [5, 5.41) is 11.1. The molecule has 1 rings (SSSR count). The molecule has 1 aliphatic heterocycles. The molecule has 21 heavy (non-hydrogen) atoms. The van der Waals surface area contributed by atoms with Gasteiger partial charge in [0.15, 0.2) is 5.92 Å².